The molecule has 0 atom stereocenters. The number of alkyl halides is 3. The van der Waals surface area contributed by atoms with Crippen molar-refractivity contribution in [3.8, 4) is 0 Å². The fourth-order valence-electron chi connectivity index (χ4n) is 1.98. The first-order chi connectivity index (χ1) is 11.5. The monoisotopic (exact) mass is 374 g/mol. The van der Waals surface area contributed by atoms with Crippen LogP contribution < -0.4 is 9.62 Å². The topological polar surface area (TPSA) is 75.2 Å². The number of aromatic nitrogens is 2. The van der Waals surface area contributed by atoms with Crippen LogP contribution in [-0.4, -0.2) is 32.5 Å². The minimum Gasteiger partial charge on any atom is -0.347 e. The third-order valence-corrected chi connectivity index (χ3v) is 4.65. The Kier molecular flexibility index (Phi) is 5.33. The van der Waals surface area contributed by atoms with E-state index in [9.17, 15) is 21.6 Å². The smallest absolute Gasteiger partial charge is 0.347 e. The van der Waals surface area contributed by atoms with E-state index in [0.29, 0.717) is 17.3 Å². The average molecular weight is 374 g/mol. The first-order valence-corrected chi connectivity index (χ1v) is 8.66. The van der Waals surface area contributed by atoms with Gasteiger partial charge in [-0.1, -0.05) is 0 Å². The van der Waals surface area contributed by atoms with Crippen LogP contribution in [0.25, 0.3) is 0 Å². The number of anilines is 1. The van der Waals surface area contributed by atoms with E-state index in [1.807, 2.05) is 0 Å². The van der Waals surface area contributed by atoms with Crippen molar-refractivity contribution in [2.45, 2.75) is 24.5 Å². The molecule has 136 valence electrons. The van der Waals surface area contributed by atoms with Crippen LogP contribution in [0.5, 0.6) is 0 Å². The van der Waals surface area contributed by atoms with Crippen molar-refractivity contribution >= 4 is 16.0 Å². The molecule has 10 heteroatoms. The fourth-order valence-corrected chi connectivity index (χ4v) is 2.98. The molecule has 0 spiro atoms. The van der Waals surface area contributed by atoms with Crippen molar-refractivity contribution in [3.63, 3.8) is 0 Å². The molecule has 0 saturated carbocycles. The summed E-state index contributed by atoms with van der Waals surface area (Å²) in [5.74, 6) is 0.434. The molecule has 0 aliphatic rings. The van der Waals surface area contributed by atoms with Gasteiger partial charge >= 0.3 is 6.18 Å². The summed E-state index contributed by atoms with van der Waals surface area (Å²) in [7, 11) is -0.448. The van der Waals surface area contributed by atoms with Gasteiger partial charge in [0.15, 0.2) is 0 Å². The van der Waals surface area contributed by atoms with Crippen LogP contribution in [0.15, 0.2) is 35.2 Å². The summed E-state index contributed by atoms with van der Waals surface area (Å²) in [5.41, 5.74) is 0.211. The third-order valence-electron chi connectivity index (χ3n) is 3.23. The largest absolute Gasteiger partial charge is 0.416 e. The van der Waals surface area contributed by atoms with Crippen molar-refractivity contribution in [2.75, 3.05) is 19.0 Å². The zero-order valence-corrected chi connectivity index (χ0v) is 14.6. The molecular formula is C15H17F3N4O2S. The molecule has 0 radical (unpaired) electrons. The Hall–Kier alpha value is -2.20. The standard InChI is InChI=1S/C15H17F3N4O2S/c1-10-8-12(21-14(20-10)22(2)3)9-19-25(23,24)13-6-4-11(5-7-13)15(16,17)18/h4-8,19H,9H2,1-3H3. The van der Waals surface area contributed by atoms with Gasteiger partial charge in [-0.3, -0.25) is 0 Å². The van der Waals surface area contributed by atoms with Crippen LogP contribution in [0.2, 0.25) is 0 Å². The minimum absolute atomic E-state index is 0.104. The van der Waals surface area contributed by atoms with Crippen LogP contribution in [0.1, 0.15) is 17.0 Å². The molecular weight excluding hydrogens is 357 g/mol. The summed E-state index contributed by atoms with van der Waals surface area (Å²) in [6.07, 6.45) is -4.52. The molecule has 0 fully saturated rings. The Morgan fingerprint density at radius 2 is 1.72 bits per heavy atom. The second kappa shape index (κ2) is 6.96. The van der Waals surface area contributed by atoms with Crippen LogP contribution in [-0.2, 0) is 22.7 Å². The molecule has 0 saturated heterocycles. The lowest BCUT2D eigenvalue weighted by Gasteiger charge is -2.13. The predicted octanol–water partition coefficient (Wildman–Crippen LogP) is 2.35. The quantitative estimate of drug-likeness (QED) is 0.870. The van der Waals surface area contributed by atoms with Gasteiger partial charge in [-0.15, -0.1) is 0 Å². The SMILES string of the molecule is Cc1cc(CNS(=O)(=O)c2ccc(C(F)(F)F)cc2)nc(N(C)C)n1. The maximum atomic E-state index is 12.5. The second-order valence-corrected chi connectivity index (χ2v) is 7.31. The summed E-state index contributed by atoms with van der Waals surface area (Å²) >= 11 is 0. The lowest BCUT2D eigenvalue weighted by atomic mass is 10.2. The number of aryl methyl sites for hydroxylation is 1. The van der Waals surface area contributed by atoms with E-state index in [0.717, 1.165) is 24.3 Å². The van der Waals surface area contributed by atoms with Crippen molar-refractivity contribution < 1.29 is 21.6 Å². The highest BCUT2D eigenvalue weighted by Crippen LogP contribution is 2.29. The maximum absolute atomic E-state index is 12.5. The molecule has 0 aliphatic carbocycles. The van der Waals surface area contributed by atoms with Crippen LogP contribution in [0.4, 0.5) is 19.1 Å². The predicted molar refractivity (Wildman–Crippen MR) is 86.6 cm³/mol. The van der Waals surface area contributed by atoms with Crippen molar-refractivity contribution in [1.82, 2.24) is 14.7 Å². The number of sulfonamides is 1. The molecule has 0 unspecified atom stereocenters. The molecule has 0 aliphatic heterocycles. The Morgan fingerprint density at radius 3 is 2.24 bits per heavy atom. The third kappa shape index (κ3) is 4.89. The Balaban J connectivity index is 2.17. The van der Waals surface area contributed by atoms with Crippen LogP contribution in [0.3, 0.4) is 0 Å². The molecule has 1 aromatic heterocycles. The summed E-state index contributed by atoms with van der Waals surface area (Å²) in [4.78, 5) is 9.85. The van der Waals surface area contributed by atoms with E-state index in [2.05, 4.69) is 14.7 Å². The maximum Gasteiger partial charge on any atom is 0.416 e. The van der Waals surface area contributed by atoms with Gasteiger partial charge in [0.25, 0.3) is 0 Å². The van der Waals surface area contributed by atoms with Gasteiger partial charge in [0.1, 0.15) is 0 Å². The number of benzene rings is 1. The highest BCUT2D eigenvalue weighted by Gasteiger charge is 2.30. The molecule has 1 N–H and O–H groups in total. The highest BCUT2D eigenvalue weighted by molar-refractivity contribution is 7.89. The summed E-state index contributed by atoms with van der Waals surface area (Å²) < 4.78 is 64.4. The second-order valence-electron chi connectivity index (χ2n) is 5.54. The number of nitrogens with one attached hydrogen (secondary N) is 1. The Bertz CT molecular complexity index is 850. The highest BCUT2D eigenvalue weighted by atomic mass is 32.2. The lowest BCUT2D eigenvalue weighted by Crippen LogP contribution is -2.24. The summed E-state index contributed by atoms with van der Waals surface area (Å²) in [5, 5.41) is 0. The Labute approximate surface area is 143 Å². The van der Waals surface area contributed by atoms with Gasteiger partial charge in [-0.05, 0) is 37.3 Å². The van der Waals surface area contributed by atoms with Gasteiger partial charge < -0.3 is 4.90 Å². The van der Waals surface area contributed by atoms with Gasteiger partial charge in [0.2, 0.25) is 16.0 Å². The van der Waals surface area contributed by atoms with Gasteiger partial charge in [0, 0.05) is 19.8 Å². The van der Waals surface area contributed by atoms with E-state index in [4.69, 9.17) is 0 Å². The van der Waals surface area contributed by atoms with Gasteiger partial charge in [-0.25, -0.2) is 23.1 Å². The molecule has 2 rings (SSSR count). The molecule has 0 bridgehead atoms. The van der Waals surface area contributed by atoms with E-state index in [1.165, 1.54) is 0 Å². The Morgan fingerprint density at radius 1 is 1.12 bits per heavy atom. The number of hydrogen-bond acceptors (Lipinski definition) is 5. The number of hydrogen-bond donors (Lipinski definition) is 1. The zero-order valence-electron chi connectivity index (χ0n) is 13.8. The minimum atomic E-state index is -4.52. The summed E-state index contributed by atoms with van der Waals surface area (Å²) in [6, 6.07) is 4.92. The van der Waals surface area contributed by atoms with Crippen molar-refractivity contribution in [1.29, 1.82) is 0 Å². The molecule has 25 heavy (non-hydrogen) atoms. The lowest BCUT2D eigenvalue weighted by molar-refractivity contribution is -0.137. The molecule has 2 aromatic rings. The molecule has 1 heterocycles. The zero-order chi connectivity index (χ0) is 18.8. The normalized spacial score (nSPS) is 12.2. The van der Waals surface area contributed by atoms with Crippen molar-refractivity contribution in [2.24, 2.45) is 0 Å². The van der Waals surface area contributed by atoms with Crippen LogP contribution in [0, 0.1) is 6.92 Å². The average Bonchev–Trinajstić information content (AvgIpc) is 2.52. The number of rotatable bonds is 5. The first kappa shape index (κ1) is 19.1. The molecule has 0 amide bonds. The van der Waals surface area contributed by atoms with E-state index in [1.54, 1.807) is 32.0 Å². The summed E-state index contributed by atoms with van der Waals surface area (Å²) in [6.45, 7) is 1.65. The number of halogens is 3. The molecule has 1 aromatic carbocycles. The van der Waals surface area contributed by atoms with Gasteiger partial charge in [0.05, 0.1) is 22.7 Å². The molecule has 6 nitrogen and oxygen atoms in total. The fraction of sp³-hybridized carbons (Fsp3) is 0.333. The van der Waals surface area contributed by atoms with E-state index >= 15 is 0 Å². The van der Waals surface area contributed by atoms with Crippen molar-refractivity contribution in [3.05, 3.63) is 47.3 Å². The van der Waals surface area contributed by atoms with Crippen LogP contribution >= 0.6 is 0 Å². The first-order valence-electron chi connectivity index (χ1n) is 7.18. The van der Waals surface area contributed by atoms with Gasteiger partial charge in [-0.2, -0.15) is 13.2 Å². The number of nitrogens with zero attached hydrogens (tertiary/aromatic N) is 3. The van der Waals surface area contributed by atoms with E-state index in [-0.39, 0.29) is 11.4 Å². The van der Waals surface area contributed by atoms with E-state index < -0.39 is 21.8 Å².